The van der Waals surface area contributed by atoms with Crippen molar-refractivity contribution in [2.24, 2.45) is 7.05 Å². The number of rotatable bonds is 2. The van der Waals surface area contributed by atoms with Crippen LogP contribution in [0.2, 0.25) is 0 Å². The van der Waals surface area contributed by atoms with Crippen molar-refractivity contribution in [3.05, 3.63) is 50.9 Å². The molecule has 0 radical (unpaired) electrons. The first kappa shape index (κ1) is 16.0. The molecule has 0 aliphatic heterocycles. The maximum absolute atomic E-state index is 13.0. The average molecular weight is 380 g/mol. The van der Waals surface area contributed by atoms with Gasteiger partial charge in [-0.15, -0.1) is 11.3 Å². The Kier molecular flexibility index (Phi) is 3.62. The predicted molar refractivity (Wildman–Crippen MR) is 105 cm³/mol. The van der Waals surface area contributed by atoms with Gasteiger partial charge in [0.2, 0.25) is 0 Å². The lowest BCUT2D eigenvalue weighted by molar-refractivity contribution is 0.726. The van der Waals surface area contributed by atoms with Gasteiger partial charge in [-0.2, -0.15) is 0 Å². The molecule has 1 aliphatic carbocycles. The van der Waals surface area contributed by atoms with Crippen LogP contribution >= 0.6 is 23.1 Å². The molecular formula is C19H16N4OS2. The predicted octanol–water partition coefficient (Wildman–Crippen LogP) is 3.89. The van der Waals surface area contributed by atoms with E-state index in [0.717, 1.165) is 51.0 Å². The lowest BCUT2D eigenvalue weighted by atomic mass is 10.2. The normalized spacial score (nSPS) is 13.6. The van der Waals surface area contributed by atoms with Crippen LogP contribution in [0.1, 0.15) is 22.4 Å². The minimum Gasteiger partial charge on any atom is -0.290 e. The molecule has 3 heterocycles. The SMILES string of the molecule is Cc1ccc2ncnc(Sc3nc4sc5c(c4c(=O)n3C)CCC5)c2c1. The second-order valence-corrected chi connectivity index (χ2v) is 8.64. The Morgan fingerprint density at radius 2 is 2.12 bits per heavy atom. The van der Waals surface area contributed by atoms with Gasteiger partial charge in [-0.1, -0.05) is 11.6 Å². The third-order valence-electron chi connectivity index (χ3n) is 4.85. The van der Waals surface area contributed by atoms with Gasteiger partial charge in [0.05, 0.1) is 10.9 Å². The van der Waals surface area contributed by atoms with E-state index < -0.39 is 0 Å². The highest BCUT2D eigenvalue weighted by molar-refractivity contribution is 7.99. The summed E-state index contributed by atoms with van der Waals surface area (Å²) in [4.78, 5) is 28.7. The van der Waals surface area contributed by atoms with E-state index in [1.165, 1.54) is 22.2 Å². The summed E-state index contributed by atoms with van der Waals surface area (Å²) >= 11 is 3.10. The second kappa shape index (κ2) is 5.89. The van der Waals surface area contributed by atoms with E-state index in [2.05, 4.69) is 16.0 Å². The summed E-state index contributed by atoms with van der Waals surface area (Å²) in [5, 5.41) is 3.30. The van der Waals surface area contributed by atoms with Crippen LogP contribution in [-0.4, -0.2) is 19.5 Å². The summed E-state index contributed by atoms with van der Waals surface area (Å²) in [5.41, 5.74) is 3.32. The topological polar surface area (TPSA) is 60.7 Å². The maximum atomic E-state index is 13.0. The van der Waals surface area contributed by atoms with E-state index >= 15 is 0 Å². The molecule has 0 amide bonds. The molecule has 0 atom stereocenters. The minimum absolute atomic E-state index is 0.0476. The Bertz CT molecular complexity index is 1240. The molecule has 0 spiro atoms. The molecule has 0 bridgehead atoms. The van der Waals surface area contributed by atoms with Crippen LogP contribution < -0.4 is 5.56 Å². The fourth-order valence-electron chi connectivity index (χ4n) is 3.51. The Morgan fingerprint density at radius 3 is 3.00 bits per heavy atom. The number of aryl methyl sites for hydroxylation is 3. The Morgan fingerprint density at radius 1 is 1.23 bits per heavy atom. The number of nitrogens with zero attached hydrogens (tertiary/aromatic N) is 4. The largest absolute Gasteiger partial charge is 0.290 e. The summed E-state index contributed by atoms with van der Waals surface area (Å²) < 4.78 is 1.65. The van der Waals surface area contributed by atoms with Gasteiger partial charge >= 0.3 is 0 Å². The molecule has 26 heavy (non-hydrogen) atoms. The summed E-state index contributed by atoms with van der Waals surface area (Å²) in [6.45, 7) is 2.05. The van der Waals surface area contributed by atoms with Crippen LogP contribution in [0.3, 0.4) is 0 Å². The van der Waals surface area contributed by atoms with Crippen LogP contribution in [-0.2, 0) is 19.9 Å². The highest BCUT2D eigenvalue weighted by Gasteiger charge is 2.23. The molecule has 7 heteroatoms. The van der Waals surface area contributed by atoms with Crippen molar-refractivity contribution in [1.29, 1.82) is 0 Å². The number of thiophene rings is 1. The molecule has 0 fully saturated rings. The minimum atomic E-state index is 0.0476. The van der Waals surface area contributed by atoms with Gasteiger partial charge < -0.3 is 0 Å². The first-order valence-corrected chi connectivity index (χ1v) is 10.2. The molecule has 0 N–H and O–H groups in total. The molecule has 3 aromatic heterocycles. The van der Waals surface area contributed by atoms with Crippen molar-refractivity contribution >= 4 is 44.2 Å². The first-order valence-electron chi connectivity index (χ1n) is 8.52. The van der Waals surface area contributed by atoms with Gasteiger partial charge in [0.25, 0.3) is 5.56 Å². The molecule has 0 saturated heterocycles. The Hall–Kier alpha value is -2.25. The summed E-state index contributed by atoms with van der Waals surface area (Å²) in [7, 11) is 1.80. The smallest absolute Gasteiger partial charge is 0.262 e. The van der Waals surface area contributed by atoms with Crippen molar-refractivity contribution in [3.63, 3.8) is 0 Å². The summed E-state index contributed by atoms with van der Waals surface area (Å²) in [6.07, 6.45) is 4.77. The van der Waals surface area contributed by atoms with Crippen LogP contribution in [0.15, 0.2) is 39.5 Å². The Balaban J connectivity index is 1.68. The molecule has 5 nitrogen and oxygen atoms in total. The van der Waals surface area contributed by atoms with E-state index in [4.69, 9.17) is 4.98 Å². The second-order valence-electron chi connectivity index (χ2n) is 6.60. The van der Waals surface area contributed by atoms with Crippen molar-refractivity contribution in [2.45, 2.75) is 36.4 Å². The highest BCUT2D eigenvalue weighted by atomic mass is 32.2. The molecule has 130 valence electrons. The van der Waals surface area contributed by atoms with E-state index in [1.807, 2.05) is 19.1 Å². The lowest BCUT2D eigenvalue weighted by Crippen LogP contribution is -2.20. The van der Waals surface area contributed by atoms with Crippen LogP contribution in [0.25, 0.3) is 21.1 Å². The zero-order valence-electron chi connectivity index (χ0n) is 14.4. The van der Waals surface area contributed by atoms with Crippen LogP contribution in [0.5, 0.6) is 0 Å². The van der Waals surface area contributed by atoms with E-state index in [-0.39, 0.29) is 5.56 Å². The molecule has 4 aromatic rings. The molecule has 0 saturated carbocycles. The first-order chi connectivity index (χ1) is 12.6. The number of aromatic nitrogens is 4. The summed E-state index contributed by atoms with van der Waals surface area (Å²) in [6, 6.07) is 6.11. The van der Waals surface area contributed by atoms with Gasteiger partial charge in [0.1, 0.15) is 16.2 Å². The summed E-state index contributed by atoms with van der Waals surface area (Å²) in [5.74, 6) is 0. The van der Waals surface area contributed by atoms with Gasteiger partial charge in [0, 0.05) is 17.3 Å². The van der Waals surface area contributed by atoms with E-state index in [1.54, 1.807) is 29.3 Å². The standard InChI is InChI=1S/C19H16N4OS2/c1-10-6-7-13-12(8-10)16(21-9-20-13)26-19-22-17-15(18(24)23(19)2)11-4-3-5-14(11)25-17/h6-9H,3-5H2,1-2H3. The molecule has 5 rings (SSSR count). The molecule has 0 unspecified atom stereocenters. The molecular weight excluding hydrogens is 364 g/mol. The quantitative estimate of drug-likeness (QED) is 0.390. The lowest BCUT2D eigenvalue weighted by Gasteiger charge is -2.09. The number of hydrogen-bond acceptors (Lipinski definition) is 6. The van der Waals surface area contributed by atoms with E-state index in [9.17, 15) is 4.79 Å². The average Bonchev–Trinajstić information content (AvgIpc) is 3.20. The number of benzene rings is 1. The van der Waals surface area contributed by atoms with Crippen LogP contribution in [0, 0.1) is 6.92 Å². The van der Waals surface area contributed by atoms with Crippen molar-refractivity contribution in [3.8, 4) is 0 Å². The highest BCUT2D eigenvalue weighted by Crippen LogP contribution is 2.36. The van der Waals surface area contributed by atoms with Crippen LogP contribution in [0.4, 0.5) is 0 Å². The van der Waals surface area contributed by atoms with Gasteiger partial charge in [0.15, 0.2) is 5.16 Å². The van der Waals surface area contributed by atoms with E-state index in [0.29, 0.717) is 5.16 Å². The van der Waals surface area contributed by atoms with Gasteiger partial charge in [-0.25, -0.2) is 15.0 Å². The van der Waals surface area contributed by atoms with Crippen molar-refractivity contribution < 1.29 is 0 Å². The van der Waals surface area contributed by atoms with Gasteiger partial charge in [-0.05, 0) is 55.6 Å². The van der Waals surface area contributed by atoms with Gasteiger partial charge in [-0.3, -0.25) is 9.36 Å². The maximum Gasteiger partial charge on any atom is 0.262 e. The third kappa shape index (κ3) is 2.38. The fraction of sp³-hybridized carbons (Fsp3) is 0.263. The zero-order valence-corrected chi connectivity index (χ0v) is 16.1. The molecule has 1 aliphatic rings. The number of fused-ring (bicyclic) bond motifs is 4. The van der Waals surface area contributed by atoms with Crippen molar-refractivity contribution in [1.82, 2.24) is 19.5 Å². The third-order valence-corrected chi connectivity index (χ3v) is 7.10. The fourth-order valence-corrected chi connectivity index (χ4v) is 5.72. The Labute approximate surface area is 158 Å². The van der Waals surface area contributed by atoms with Crippen molar-refractivity contribution in [2.75, 3.05) is 0 Å². The number of hydrogen-bond donors (Lipinski definition) is 0. The molecule has 1 aromatic carbocycles. The zero-order chi connectivity index (χ0) is 17.8. The monoisotopic (exact) mass is 380 g/mol.